The lowest BCUT2D eigenvalue weighted by atomic mass is 10.1. The van der Waals surface area contributed by atoms with Crippen molar-refractivity contribution in [2.24, 2.45) is 0 Å². The van der Waals surface area contributed by atoms with E-state index in [1.165, 1.54) is 6.42 Å². The van der Waals surface area contributed by atoms with Crippen LogP contribution < -0.4 is 10.6 Å². The molecule has 1 aromatic heterocycles. The Morgan fingerprint density at radius 1 is 1.00 bits per heavy atom. The molecule has 2 aliphatic heterocycles. The maximum absolute atomic E-state index is 12.5. The van der Waals surface area contributed by atoms with Crippen LogP contribution >= 0.6 is 11.6 Å². The molecule has 22 heavy (non-hydrogen) atoms. The number of nitrogens with zero attached hydrogens (tertiary/aromatic N) is 5. The van der Waals surface area contributed by atoms with Gasteiger partial charge in [-0.05, 0) is 19.3 Å². The summed E-state index contributed by atoms with van der Waals surface area (Å²) in [6, 6.07) is 1.87. The Balaban J connectivity index is 1.58. The normalized spacial score (nSPS) is 19.4. The molecule has 0 saturated carbocycles. The quantitative estimate of drug-likeness (QED) is 0.791. The van der Waals surface area contributed by atoms with Crippen molar-refractivity contribution < 1.29 is 4.79 Å². The van der Waals surface area contributed by atoms with Gasteiger partial charge in [-0.1, -0.05) is 11.6 Å². The van der Waals surface area contributed by atoms with E-state index in [1.54, 1.807) is 6.07 Å². The van der Waals surface area contributed by atoms with Crippen molar-refractivity contribution in [2.75, 3.05) is 49.9 Å². The van der Waals surface area contributed by atoms with E-state index in [-0.39, 0.29) is 12.0 Å². The Morgan fingerprint density at radius 2 is 1.64 bits per heavy atom. The number of nitrogens with two attached hydrogens (primary N) is 1. The SMILES string of the molecule is Nc1nc(Cl)cc(N2CCN(C(=O)N3CCCCC3)CC2)n1. The number of rotatable bonds is 1. The lowest BCUT2D eigenvalue weighted by molar-refractivity contribution is 0.141. The smallest absolute Gasteiger partial charge is 0.320 e. The molecule has 2 amide bonds. The van der Waals surface area contributed by atoms with Crippen LogP contribution in [0.4, 0.5) is 16.6 Å². The first-order valence-corrected chi connectivity index (χ1v) is 8.10. The fourth-order valence-electron chi connectivity index (χ4n) is 3.00. The molecule has 8 heteroatoms. The number of nitrogen functional groups attached to an aromatic ring is 1. The Bertz CT molecular complexity index is 520. The molecule has 0 radical (unpaired) electrons. The molecular formula is C14H21ClN6O. The van der Waals surface area contributed by atoms with E-state index < -0.39 is 0 Å². The molecule has 120 valence electrons. The molecule has 0 unspecified atom stereocenters. The van der Waals surface area contributed by atoms with E-state index >= 15 is 0 Å². The van der Waals surface area contributed by atoms with Crippen molar-refractivity contribution in [3.05, 3.63) is 11.2 Å². The lowest BCUT2D eigenvalue weighted by Crippen LogP contribution is -2.53. The molecule has 3 rings (SSSR count). The summed E-state index contributed by atoms with van der Waals surface area (Å²) in [5.41, 5.74) is 5.63. The molecule has 0 aromatic carbocycles. The number of carbonyl (C=O) groups is 1. The van der Waals surface area contributed by atoms with Gasteiger partial charge in [-0.15, -0.1) is 0 Å². The fourth-order valence-corrected chi connectivity index (χ4v) is 3.18. The third-order valence-electron chi connectivity index (χ3n) is 4.20. The van der Waals surface area contributed by atoms with Gasteiger partial charge in [0.25, 0.3) is 0 Å². The third kappa shape index (κ3) is 3.35. The number of anilines is 2. The third-order valence-corrected chi connectivity index (χ3v) is 4.39. The Morgan fingerprint density at radius 3 is 2.27 bits per heavy atom. The maximum atomic E-state index is 12.5. The van der Waals surface area contributed by atoms with Gasteiger partial charge in [-0.3, -0.25) is 0 Å². The van der Waals surface area contributed by atoms with Crippen LogP contribution in [0.1, 0.15) is 19.3 Å². The predicted molar refractivity (Wildman–Crippen MR) is 86.1 cm³/mol. The summed E-state index contributed by atoms with van der Waals surface area (Å²) in [5.74, 6) is 0.900. The van der Waals surface area contributed by atoms with Gasteiger partial charge in [0.05, 0.1) is 0 Å². The summed E-state index contributed by atoms with van der Waals surface area (Å²) in [4.78, 5) is 26.5. The van der Waals surface area contributed by atoms with Crippen LogP contribution in [0.5, 0.6) is 0 Å². The summed E-state index contributed by atoms with van der Waals surface area (Å²) in [6.07, 6.45) is 3.46. The van der Waals surface area contributed by atoms with Crippen LogP contribution in [0.2, 0.25) is 5.15 Å². The fraction of sp³-hybridized carbons (Fsp3) is 0.643. The van der Waals surface area contributed by atoms with Crippen LogP contribution in [-0.2, 0) is 0 Å². The zero-order chi connectivity index (χ0) is 15.5. The molecule has 0 atom stereocenters. The van der Waals surface area contributed by atoms with E-state index in [0.717, 1.165) is 44.8 Å². The van der Waals surface area contributed by atoms with Crippen LogP contribution in [0.3, 0.4) is 0 Å². The highest BCUT2D eigenvalue weighted by atomic mass is 35.5. The molecule has 3 heterocycles. The van der Waals surface area contributed by atoms with Gasteiger partial charge >= 0.3 is 6.03 Å². The summed E-state index contributed by atoms with van der Waals surface area (Å²) in [5, 5.41) is 0.342. The number of piperazine rings is 1. The van der Waals surface area contributed by atoms with Crippen LogP contribution in [-0.4, -0.2) is 65.1 Å². The molecular weight excluding hydrogens is 304 g/mol. The number of urea groups is 1. The van der Waals surface area contributed by atoms with Crippen molar-refractivity contribution in [3.8, 4) is 0 Å². The summed E-state index contributed by atoms with van der Waals surface area (Å²) in [7, 11) is 0. The number of aromatic nitrogens is 2. The number of carbonyl (C=O) groups excluding carboxylic acids is 1. The first-order chi connectivity index (χ1) is 10.6. The second-order valence-corrected chi connectivity index (χ2v) is 6.10. The number of amides is 2. The molecule has 2 aliphatic rings. The van der Waals surface area contributed by atoms with Gasteiger partial charge in [-0.25, -0.2) is 9.78 Å². The van der Waals surface area contributed by atoms with E-state index in [4.69, 9.17) is 17.3 Å². The van der Waals surface area contributed by atoms with Gasteiger partial charge in [0.15, 0.2) is 0 Å². The van der Waals surface area contributed by atoms with Crippen molar-refractivity contribution in [1.29, 1.82) is 0 Å². The Labute approximate surface area is 135 Å². The average Bonchev–Trinajstić information content (AvgIpc) is 2.54. The largest absolute Gasteiger partial charge is 0.368 e. The van der Waals surface area contributed by atoms with Crippen LogP contribution in [0.25, 0.3) is 0 Å². The highest BCUT2D eigenvalue weighted by Crippen LogP contribution is 2.19. The first-order valence-electron chi connectivity index (χ1n) is 7.72. The van der Waals surface area contributed by atoms with Crippen molar-refractivity contribution in [1.82, 2.24) is 19.8 Å². The summed E-state index contributed by atoms with van der Waals surface area (Å²) >= 11 is 5.92. The Kier molecular flexibility index (Phi) is 4.52. The van der Waals surface area contributed by atoms with Crippen LogP contribution in [0.15, 0.2) is 6.07 Å². The van der Waals surface area contributed by atoms with Gasteiger partial charge in [0.2, 0.25) is 5.95 Å². The number of likely N-dealkylation sites (tertiary alicyclic amines) is 1. The van der Waals surface area contributed by atoms with Crippen molar-refractivity contribution >= 4 is 29.4 Å². The topological polar surface area (TPSA) is 78.6 Å². The lowest BCUT2D eigenvalue weighted by Gasteiger charge is -2.39. The summed E-state index contributed by atoms with van der Waals surface area (Å²) in [6.45, 7) is 4.61. The minimum absolute atomic E-state index is 0.166. The van der Waals surface area contributed by atoms with Gasteiger partial charge < -0.3 is 20.4 Å². The number of halogens is 1. The van der Waals surface area contributed by atoms with Gasteiger partial charge in [0.1, 0.15) is 11.0 Å². The molecule has 2 N–H and O–H groups in total. The predicted octanol–water partition coefficient (Wildman–Crippen LogP) is 1.44. The second kappa shape index (κ2) is 6.56. The minimum atomic E-state index is 0.166. The minimum Gasteiger partial charge on any atom is -0.368 e. The standard InChI is InChI=1S/C14H21ClN6O/c15-11-10-12(18-13(16)17-11)19-6-8-21(9-7-19)14(22)20-4-2-1-3-5-20/h10H,1-9H2,(H2,16,17,18). The molecule has 0 bridgehead atoms. The highest BCUT2D eigenvalue weighted by molar-refractivity contribution is 6.29. The van der Waals surface area contributed by atoms with E-state index in [9.17, 15) is 4.79 Å². The van der Waals surface area contributed by atoms with E-state index in [0.29, 0.717) is 18.2 Å². The molecule has 1 aromatic rings. The second-order valence-electron chi connectivity index (χ2n) is 5.71. The molecule has 0 aliphatic carbocycles. The van der Waals surface area contributed by atoms with E-state index in [2.05, 4.69) is 14.9 Å². The van der Waals surface area contributed by atoms with Crippen molar-refractivity contribution in [3.63, 3.8) is 0 Å². The summed E-state index contributed by atoms with van der Waals surface area (Å²) < 4.78 is 0. The van der Waals surface area contributed by atoms with E-state index in [1.807, 2.05) is 9.80 Å². The van der Waals surface area contributed by atoms with Gasteiger partial charge in [0, 0.05) is 45.3 Å². The molecule has 0 spiro atoms. The van der Waals surface area contributed by atoms with Gasteiger partial charge in [-0.2, -0.15) is 4.98 Å². The zero-order valence-corrected chi connectivity index (χ0v) is 13.3. The number of hydrogen-bond acceptors (Lipinski definition) is 5. The van der Waals surface area contributed by atoms with Crippen LogP contribution in [0, 0.1) is 0 Å². The average molecular weight is 325 g/mol. The maximum Gasteiger partial charge on any atom is 0.320 e. The highest BCUT2D eigenvalue weighted by Gasteiger charge is 2.26. The monoisotopic (exact) mass is 324 g/mol. The number of hydrogen-bond donors (Lipinski definition) is 1. The number of piperidine rings is 1. The molecule has 2 saturated heterocycles. The first kappa shape index (κ1) is 15.1. The van der Waals surface area contributed by atoms with Crippen molar-refractivity contribution in [2.45, 2.75) is 19.3 Å². The molecule has 2 fully saturated rings. The Hall–Kier alpha value is -1.76. The molecule has 7 nitrogen and oxygen atoms in total. The zero-order valence-electron chi connectivity index (χ0n) is 12.5.